The molecule has 1 aliphatic carbocycles. The second kappa shape index (κ2) is 13.2. The number of aromatic nitrogens is 3. The van der Waals surface area contributed by atoms with Gasteiger partial charge in [-0.3, -0.25) is 0 Å². The fourth-order valence-corrected chi connectivity index (χ4v) is 6.36. The van der Waals surface area contributed by atoms with Crippen molar-refractivity contribution >= 4 is 35.3 Å². The first-order valence-corrected chi connectivity index (χ1v) is 15.8. The average Bonchev–Trinajstić information content (AvgIpc) is 3.43. The lowest BCUT2D eigenvalue weighted by molar-refractivity contribution is -0.146. The molecule has 2 heterocycles. The number of hydrogen-bond acceptors (Lipinski definition) is 7. The molecule has 1 fully saturated rings. The molecule has 0 bridgehead atoms. The lowest BCUT2D eigenvalue weighted by atomic mass is 9.95. The number of nitrogens with zero attached hydrogens (tertiary/aromatic N) is 3. The van der Waals surface area contributed by atoms with Crippen LogP contribution in [0.1, 0.15) is 61.8 Å². The Hall–Kier alpha value is -3.82. The van der Waals surface area contributed by atoms with E-state index in [4.69, 9.17) is 26.2 Å². The molecule has 222 valence electrons. The number of hydrogen-bond donors (Lipinski definition) is 1. The van der Waals surface area contributed by atoms with Crippen LogP contribution in [0.3, 0.4) is 0 Å². The van der Waals surface area contributed by atoms with Crippen molar-refractivity contribution in [2.75, 3.05) is 5.32 Å². The van der Waals surface area contributed by atoms with Crippen LogP contribution in [0.2, 0.25) is 5.02 Å². The van der Waals surface area contributed by atoms with Crippen LogP contribution in [-0.2, 0) is 21.9 Å². The van der Waals surface area contributed by atoms with Gasteiger partial charge in [0.05, 0.1) is 5.57 Å². The lowest BCUT2D eigenvalue weighted by Gasteiger charge is -2.30. The molecule has 7 nitrogen and oxygen atoms in total. The minimum Gasteiger partial charge on any atom is -0.489 e. The number of ether oxygens (including phenoxy) is 2. The summed E-state index contributed by atoms with van der Waals surface area (Å²) in [5.74, 6) is 0.962. The Kier molecular flexibility index (Phi) is 9.00. The summed E-state index contributed by atoms with van der Waals surface area (Å²) < 4.78 is 28.0. The van der Waals surface area contributed by atoms with E-state index in [-0.39, 0.29) is 17.9 Å². The highest BCUT2D eigenvalue weighted by Gasteiger charge is 2.36. The van der Waals surface area contributed by atoms with E-state index in [9.17, 15) is 9.18 Å². The standard InChI is InChI=1S/C33H32ClFN4O3S/c1-21-29(31(40)42-27-8-3-2-4-9-27)30(23-13-17-26(18-14-23)41-19-22-11-15-25(34)16-12-22)39-32(36-21)37-33(38-39)43-20-24-7-5-6-10-28(24)35/h5-7,10-18,27,30H,2-4,8-9,19-20H2,1H3,(H,36,37,38). The second-order valence-electron chi connectivity index (χ2n) is 10.8. The van der Waals surface area contributed by atoms with E-state index in [0.29, 0.717) is 51.1 Å². The third kappa shape index (κ3) is 6.89. The number of anilines is 1. The first-order valence-electron chi connectivity index (χ1n) is 14.4. The van der Waals surface area contributed by atoms with E-state index < -0.39 is 6.04 Å². The minimum atomic E-state index is -0.562. The summed E-state index contributed by atoms with van der Waals surface area (Å²) in [7, 11) is 0. The van der Waals surface area contributed by atoms with Crippen molar-refractivity contribution in [3.8, 4) is 5.75 Å². The van der Waals surface area contributed by atoms with Gasteiger partial charge in [-0.05, 0) is 79.6 Å². The molecule has 0 saturated heterocycles. The third-order valence-electron chi connectivity index (χ3n) is 7.71. The number of carbonyl (C=O) groups is 1. The molecule has 0 radical (unpaired) electrons. The van der Waals surface area contributed by atoms with Crippen LogP contribution in [0, 0.1) is 5.82 Å². The van der Waals surface area contributed by atoms with Gasteiger partial charge in [-0.2, -0.15) is 4.98 Å². The predicted molar refractivity (Wildman–Crippen MR) is 166 cm³/mol. The molecule has 1 aliphatic heterocycles. The molecule has 1 aromatic heterocycles. The van der Waals surface area contributed by atoms with Crippen LogP contribution in [0.25, 0.3) is 0 Å². The summed E-state index contributed by atoms with van der Waals surface area (Å²) >= 11 is 7.34. The molecule has 0 spiro atoms. The highest BCUT2D eigenvalue weighted by Crippen LogP contribution is 2.38. The van der Waals surface area contributed by atoms with Crippen molar-refractivity contribution in [3.63, 3.8) is 0 Å². The average molecular weight is 619 g/mol. The Labute approximate surface area is 259 Å². The number of thioether (sulfide) groups is 1. The van der Waals surface area contributed by atoms with Crippen LogP contribution in [0.5, 0.6) is 5.75 Å². The highest BCUT2D eigenvalue weighted by atomic mass is 35.5. The van der Waals surface area contributed by atoms with Crippen LogP contribution in [0.4, 0.5) is 10.3 Å². The number of halogens is 2. The molecule has 0 amide bonds. The maximum absolute atomic E-state index is 14.2. The first kappa shape index (κ1) is 29.3. The van der Waals surface area contributed by atoms with Gasteiger partial charge >= 0.3 is 5.97 Å². The molecule has 43 heavy (non-hydrogen) atoms. The summed E-state index contributed by atoms with van der Waals surface area (Å²) in [6.45, 7) is 2.26. The third-order valence-corrected chi connectivity index (χ3v) is 8.85. The van der Waals surface area contributed by atoms with Crippen molar-refractivity contribution in [1.29, 1.82) is 0 Å². The summed E-state index contributed by atoms with van der Waals surface area (Å²) in [6, 6.07) is 21.3. The van der Waals surface area contributed by atoms with Crippen molar-refractivity contribution in [1.82, 2.24) is 14.8 Å². The zero-order chi connectivity index (χ0) is 29.8. The molecular weight excluding hydrogens is 587 g/mol. The molecule has 4 aromatic rings. The van der Waals surface area contributed by atoms with Gasteiger partial charge in [-0.25, -0.2) is 13.9 Å². The number of rotatable bonds is 9. The number of allylic oxidation sites excluding steroid dienone is 1. The first-order chi connectivity index (χ1) is 20.9. The van der Waals surface area contributed by atoms with Crippen molar-refractivity contribution in [2.45, 2.75) is 68.7 Å². The summed E-state index contributed by atoms with van der Waals surface area (Å²) in [4.78, 5) is 18.4. The highest BCUT2D eigenvalue weighted by molar-refractivity contribution is 7.98. The molecule has 6 rings (SSSR count). The van der Waals surface area contributed by atoms with Crippen molar-refractivity contribution < 1.29 is 18.7 Å². The van der Waals surface area contributed by atoms with Gasteiger partial charge < -0.3 is 14.8 Å². The maximum Gasteiger partial charge on any atom is 0.338 e. The van der Waals surface area contributed by atoms with Gasteiger partial charge in [0, 0.05) is 16.5 Å². The van der Waals surface area contributed by atoms with Crippen LogP contribution >= 0.6 is 23.4 Å². The van der Waals surface area contributed by atoms with Gasteiger partial charge in [0.15, 0.2) is 0 Å². The Balaban J connectivity index is 1.27. The van der Waals surface area contributed by atoms with Gasteiger partial charge in [0.25, 0.3) is 0 Å². The largest absolute Gasteiger partial charge is 0.489 e. The number of esters is 1. The number of fused-ring (bicyclic) bond motifs is 1. The van der Waals surface area contributed by atoms with Crippen LogP contribution < -0.4 is 10.1 Å². The van der Waals surface area contributed by atoms with Gasteiger partial charge in [-0.1, -0.05) is 72.2 Å². The lowest BCUT2D eigenvalue weighted by Crippen LogP contribution is -2.32. The summed E-state index contributed by atoms with van der Waals surface area (Å²) in [5, 5.41) is 9.19. The Morgan fingerprint density at radius 2 is 1.79 bits per heavy atom. The Morgan fingerprint density at radius 1 is 1.05 bits per heavy atom. The molecule has 3 aromatic carbocycles. The van der Waals surface area contributed by atoms with E-state index >= 15 is 0 Å². The Bertz CT molecular complexity index is 1620. The van der Waals surface area contributed by atoms with E-state index in [2.05, 4.69) is 10.3 Å². The maximum atomic E-state index is 14.2. The van der Waals surface area contributed by atoms with Crippen LogP contribution in [0.15, 0.2) is 89.2 Å². The number of benzene rings is 3. The van der Waals surface area contributed by atoms with E-state index in [1.54, 1.807) is 16.8 Å². The molecule has 2 aliphatic rings. The molecule has 1 atom stereocenters. The SMILES string of the molecule is CC1=C(C(=O)OC2CCCCC2)C(c2ccc(OCc3ccc(Cl)cc3)cc2)n2nc(SCc3ccccc3F)nc2N1. The normalized spacial score (nSPS) is 16.9. The summed E-state index contributed by atoms with van der Waals surface area (Å²) in [5.41, 5.74) is 3.57. The van der Waals surface area contributed by atoms with Gasteiger partial charge in [0.1, 0.15) is 30.3 Å². The fraction of sp³-hybridized carbons (Fsp3) is 0.303. The number of nitrogens with one attached hydrogen (secondary N) is 1. The molecule has 1 unspecified atom stereocenters. The minimum absolute atomic E-state index is 0.0881. The molecule has 10 heteroatoms. The monoisotopic (exact) mass is 618 g/mol. The van der Waals surface area contributed by atoms with Crippen LogP contribution in [-0.4, -0.2) is 26.8 Å². The molecular formula is C33H32ClFN4O3S. The van der Waals surface area contributed by atoms with E-state index in [1.165, 1.54) is 24.2 Å². The molecule has 1 saturated carbocycles. The zero-order valence-corrected chi connectivity index (χ0v) is 25.3. The van der Waals surface area contributed by atoms with Crippen molar-refractivity contribution in [2.24, 2.45) is 0 Å². The fourth-order valence-electron chi connectivity index (χ4n) is 5.41. The van der Waals surface area contributed by atoms with Gasteiger partial charge in [0.2, 0.25) is 11.1 Å². The topological polar surface area (TPSA) is 78.3 Å². The zero-order valence-electron chi connectivity index (χ0n) is 23.8. The smallest absolute Gasteiger partial charge is 0.338 e. The van der Waals surface area contributed by atoms with E-state index in [0.717, 1.165) is 36.8 Å². The predicted octanol–water partition coefficient (Wildman–Crippen LogP) is 8.11. The number of carbonyl (C=O) groups excluding carboxylic acids is 1. The molecule has 1 N–H and O–H groups in total. The Morgan fingerprint density at radius 3 is 2.53 bits per heavy atom. The summed E-state index contributed by atoms with van der Waals surface area (Å²) in [6.07, 6.45) is 4.95. The quantitative estimate of drug-likeness (QED) is 0.150. The second-order valence-corrected chi connectivity index (χ2v) is 12.1. The van der Waals surface area contributed by atoms with Gasteiger partial charge in [-0.15, -0.1) is 5.10 Å². The van der Waals surface area contributed by atoms with Crippen molar-refractivity contribution in [3.05, 3.63) is 112 Å². The van der Waals surface area contributed by atoms with E-state index in [1.807, 2.05) is 61.5 Å².